The molecule has 2 heteroatoms. The van der Waals surface area contributed by atoms with Gasteiger partial charge in [0.25, 0.3) is 0 Å². The monoisotopic (exact) mass is 180 g/mol. The summed E-state index contributed by atoms with van der Waals surface area (Å²) in [7, 11) is 0. The lowest BCUT2D eigenvalue weighted by molar-refractivity contribution is 0.169. The molecule has 1 fully saturated rings. The van der Waals surface area contributed by atoms with Gasteiger partial charge in [0, 0.05) is 13.0 Å². The van der Waals surface area contributed by atoms with Crippen LogP contribution in [0.3, 0.4) is 0 Å². The summed E-state index contributed by atoms with van der Waals surface area (Å²) >= 11 is 0. The van der Waals surface area contributed by atoms with Gasteiger partial charge in [0.05, 0.1) is 6.07 Å². The molecule has 0 radical (unpaired) electrons. The molecule has 1 aliphatic rings. The van der Waals surface area contributed by atoms with E-state index in [2.05, 4.69) is 24.8 Å². The zero-order valence-electron chi connectivity index (χ0n) is 8.79. The fourth-order valence-electron chi connectivity index (χ4n) is 2.02. The van der Waals surface area contributed by atoms with Gasteiger partial charge in [0.1, 0.15) is 0 Å². The van der Waals surface area contributed by atoms with Gasteiger partial charge in [-0.25, -0.2) is 0 Å². The van der Waals surface area contributed by atoms with Crippen LogP contribution in [-0.2, 0) is 0 Å². The van der Waals surface area contributed by atoms with Crippen LogP contribution in [0, 0.1) is 23.2 Å². The molecule has 0 amide bonds. The molecule has 0 aromatic heterocycles. The SMILES string of the molecule is CC(C)CN1CCC(CC#N)CC1. The molecule has 0 bridgehead atoms. The molecule has 0 saturated carbocycles. The summed E-state index contributed by atoms with van der Waals surface area (Å²) in [5, 5.41) is 8.57. The van der Waals surface area contributed by atoms with E-state index in [4.69, 9.17) is 5.26 Å². The van der Waals surface area contributed by atoms with Crippen molar-refractivity contribution in [2.45, 2.75) is 33.1 Å². The molecule has 1 saturated heterocycles. The summed E-state index contributed by atoms with van der Waals surface area (Å²) in [4.78, 5) is 2.53. The number of hydrogen-bond acceptors (Lipinski definition) is 2. The average molecular weight is 180 g/mol. The van der Waals surface area contributed by atoms with Crippen LogP contribution in [0.1, 0.15) is 33.1 Å². The highest BCUT2D eigenvalue weighted by atomic mass is 15.1. The van der Waals surface area contributed by atoms with Crippen LogP contribution in [0.5, 0.6) is 0 Å². The number of rotatable bonds is 3. The smallest absolute Gasteiger partial charge is 0.0624 e. The van der Waals surface area contributed by atoms with Gasteiger partial charge in [-0.3, -0.25) is 0 Å². The van der Waals surface area contributed by atoms with E-state index < -0.39 is 0 Å². The molecule has 0 aromatic carbocycles. The predicted molar refractivity (Wildman–Crippen MR) is 54.2 cm³/mol. The van der Waals surface area contributed by atoms with Crippen molar-refractivity contribution in [1.82, 2.24) is 4.90 Å². The van der Waals surface area contributed by atoms with Crippen LogP contribution in [0.15, 0.2) is 0 Å². The summed E-state index contributed by atoms with van der Waals surface area (Å²) in [5.41, 5.74) is 0. The maximum Gasteiger partial charge on any atom is 0.0624 e. The standard InChI is InChI=1S/C11H20N2/c1-10(2)9-13-7-4-11(3-6-12)5-8-13/h10-11H,3-5,7-9H2,1-2H3. The van der Waals surface area contributed by atoms with Gasteiger partial charge in [0.15, 0.2) is 0 Å². The lowest BCUT2D eigenvalue weighted by atomic mass is 9.94. The molecule has 0 aliphatic carbocycles. The predicted octanol–water partition coefficient (Wildman–Crippen LogP) is 2.27. The van der Waals surface area contributed by atoms with Crippen molar-refractivity contribution in [3.05, 3.63) is 0 Å². The highest BCUT2D eigenvalue weighted by Crippen LogP contribution is 2.20. The fraction of sp³-hybridized carbons (Fsp3) is 0.909. The molecule has 13 heavy (non-hydrogen) atoms. The lowest BCUT2D eigenvalue weighted by Gasteiger charge is -2.31. The fourth-order valence-corrected chi connectivity index (χ4v) is 2.02. The van der Waals surface area contributed by atoms with Crippen molar-refractivity contribution in [2.75, 3.05) is 19.6 Å². The van der Waals surface area contributed by atoms with E-state index >= 15 is 0 Å². The van der Waals surface area contributed by atoms with Gasteiger partial charge in [-0.15, -0.1) is 0 Å². The van der Waals surface area contributed by atoms with Gasteiger partial charge in [-0.2, -0.15) is 5.26 Å². The van der Waals surface area contributed by atoms with Crippen LogP contribution in [-0.4, -0.2) is 24.5 Å². The Bertz CT molecular complexity index is 173. The molecular formula is C11H20N2. The van der Waals surface area contributed by atoms with E-state index in [0.29, 0.717) is 5.92 Å². The van der Waals surface area contributed by atoms with Gasteiger partial charge in [-0.05, 0) is 37.8 Å². The van der Waals surface area contributed by atoms with E-state index in [-0.39, 0.29) is 0 Å². The molecule has 0 atom stereocenters. The number of nitrogens with zero attached hydrogens (tertiary/aromatic N) is 2. The highest BCUT2D eigenvalue weighted by Gasteiger charge is 2.18. The molecule has 1 heterocycles. The third kappa shape index (κ3) is 3.78. The van der Waals surface area contributed by atoms with E-state index in [1.54, 1.807) is 0 Å². The number of likely N-dealkylation sites (tertiary alicyclic amines) is 1. The minimum Gasteiger partial charge on any atom is -0.303 e. The van der Waals surface area contributed by atoms with Gasteiger partial charge in [-0.1, -0.05) is 13.8 Å². The maximum atomic E-state index is 8.57. The topological polar surface area (TPSA) is 27.0 Å². The Kier molecular flexibility index (Phi) is 4.24. The van der Waals surface area contributed by atoms with Gasteiger partial charge < -0.3 is 4.90 Å². The summed E-state index contributed by atoms with van der Waals surface area (Å²) in [6.45, 7) is 8.15. The van der Waals surface area contributed by atoms with Crippen molar-refractivity contribution in [2.24, 2.45) is 11.8 Å². The minimum atomic E-state index is 0.674. The van der Waals surface area contributed by atoms with Crippen LogP contribution in [0.25, 0.3) is 0 Å². The van der Waals surface area contributed by atoms with E-state index in [0.717, 1.165) is 12.3 Å². The second-order valence-electron chi connectivity index (χ2n) is 4.50. The van der Waals surface area contributed by atoms with Crippen molar-refractivity contribution in [1.29, 1.82) is 5.26 Å². The van der Waals surface area contributed by atoms with Crippen molar-refractivity contribution in [3.8, 4) is 6.07 Å². The zero-order chi connectivity index (χ0) is 9.68. The first-order valence-electron chi connectivity index (χ1n) is 5.31. The largest absolute Gasteiger partial charge is 0.303 e. The quantitative estimate of drug-likeness (QED) is 0.666. The second kappa shape index (κ2) is 5.24. The first-order chi connectivity index (χ1) is 6.22. The summed E-state index contributed by atoms with van der Waals surface area (Å²) in [6, 6.07) is 2.27. The molecule has 0 N–H and O–H groups in total. The summed E-state index contributed by atoms with van der Waals surface area (Å²) in [6.07, 6.45) is 3.20. The lowest BCUT2D eigenvalue weighted by Crippen LogP contribution is -2.36. The Morgan fingerprint density at radius 1 is 1.38 bits per heavy atom. The Hall–Kier alpha value is -0.550. The third-order valence-electron chi connectivity index (χ3n) is 2.71. The maximum absolute atomic E-state index is 8.57. The number of nitriles is 1. The zero-order valence-corrected chi connectivity index (χ0v) is 8.79. The van der Waals surface area contributed by atoms with Crippen LogP contribution < -0.4 is 0 Å². The minimum absolute atomic E-state index is 0.674. The highest BCUT2D eigenvalue weighted by molar-refractivity contribution is 4.80. The van der Waals surface area contributed by atoms with E-state index in [9.17, 15) is 0 Å². The van der Waals surface area contributed by atoms with E-state index in [1.165, 1.54) is 32.5 Å². The van der Waals surface area contributed by atoms with Crippen molar-refractivity contribution in [3.63, 3.8) is 0 Å². The molecule has 1 aliphatic heterocycles. The summed E-state index contributed by atoms with van der Waals surface area (Å²) in [5.74, 6) is 1.45. The molecule has 1 rings (SSSR count). The number of piperidine rings is 1. The van der Waals surface area contributed by atoms with Crippen LogP contribution in [0.4, 0.5) is 0 Å². The van der Waals surface area contributed by atoms with Crippen LogP contribution >= 0.6 is 0 Å². The summed E-state index contributed by atoms with van der Waals surface area (Å²) < 4.78 is 0. The van der Waals surface area contributed by atoms with E-state index in [1.807, 2.05) is 0 Å². The first kappa shape index (κ1) is 10.5. The Labute approximate surface area is 81.5 Å². The number of hydrogen-bond donors (Lipinski definition) is 0. The van der Waals surface area contributed by atoms with Gasteiger partial charge in [0.2, 0.25) is 0 Å². The Balaban J connectivity index is 2.19. The third-order valence-corrected chi connectivity index (χ3v) is 2.71. The molecule has 2 nitrogen and oxygen atoms in total. The Morgan fingerprint density at radius 2 is 2.00 bits per heavy atom. The first-order valence-corrected chi connectivity index (χ1v) is 5.31. The molecular weight excluding hydrogens is 160 g/mol. The molecule has 0 spiro atoms. The normalized spacial score (nSPS) is 20.5. The molecule has 0 unspecified atom stereocenters. The van der Waals surface area contributed by atoms with Gasteiger partial charge >= 0.3 is 0 Å². The molecule has 0 aromatic rings. The Morgan fingerprint density at radius 3 is 2.46 bits per heavy atom. The van der Waals surface area contributed by atoms with Crippen LogP contribution in [0.2, 0.25) is 0 Å². The van der Waals surface area contributed by atoms with Crippen molar-refractivity contribution < 1.29 is 0 Å². The second-order valence-corrected chi connectivity index (χ2v) is 4.50. The van der Waals surface area contributed by atoms with Crippen molar-refractivity contribution >= 4 is 0 Å². The molecule has 74 valence electrons. The average Bonchev–Trinajstić information content (AvgIpc) is 2.08.